The Balaban J connectivity index is 2.37. The molecule has 1 saturated heterocycles. The maximum absolute atomic E-state index is 12.4. The highest BCUT2D eigenvalue weighted by atomic mass is 35.5. The van der Waals surface area contributed by atoms with E-state index in [0.29, 0.717) is 0 Å². The van der Waals surface area contributed by atoms with E-state index in [2.05, 4.69) is 0 Å². The number of rotatable bonds is 3. The van der Waals surface area contributed by atoms with E-state index in [1.807, 2.05) is 0 Å². The van der Waals surface area contributed by atoms with E-state index in [0.717, 1.165) is 4.31 Å². The summed E-state index contributed by atoms with van der Waals surface area (Å²) in [5.74, 6) is -1.68. The number of carbonyl (C=O) groups is 1. The van der Waals surface area contributed by atoms with E-state index in [9.17, 15) is 13.2 Å². The van der Waals surface area contributed by atoms with Crippen molar-refractivity contribution in [2.24, 2.45) is 5.92 Å². The van der Waals surface area contributed by atoms with Gasteiger partial charge in [-0.2, -0.15) is 4.31 Å². The molecule has 5 nitrogen and oxygen atoms in total. The molecule has 0 radical (unpaired) electrons. The van der Waals surface area contributed by atoms with Gasteiger partial charge in [0.05, 0.1) is 16.0 Å². The zero-order valence-corrected chi connectivity index (χ0v) is 12.0. The Kier molecular flexibility index (Phi) is 4.06. The van der Waals surface area contributed by atoms with Crippen molar-refractivity contribution in [2.75, 3.05) is 13.1 Å². The van der Waals surface area contributed by atoms with E-state index < -0.39 is 21.9 Å². The monoisotopic (exact) mass is 323 g/mol. The lowest BCUT2D eigenvalue weighted by atomic mass is 10.1. The minimum Gasteiger partial charge on any atom is -0.481 e. The second-order valence-corrected chi connectivity index (χ2v) is 6.93. The van der Waals surface area contributed by atoms with Gasteiger partial charge in [-0.1, -0.05) is 29.3 Å². The lowest BCUT2D eigenvalue weighted by Gasteiger charge is -2.17. The Morgan fingerprint density at radius 1 is 1.32 bits per heavy atom. The fraction of sp³-hybridized carbons (Fsp3) is 0.364. The molecule has 1 atom stereocenters. The maximum atomic E-state index is 12.4. The largest absolute Gasteiger partial charge is 0.481 e. The van der Waals surface area contributed by atoms with Gasteiger partial charge in [0.25, 0.3) is 0 Å². The molecule has 1 N–H and O–H groups in total. The summed E-state index contributed by atoms with van der Waals surface area (Å²) in [5.41, 5.74) is 0. The Hall–Kier alpha value is -0.820. The van der Waals surface area contributed by atoms with Crippen LogP contribution in [0.1, 0.15) is 6.42 Å². The normalized spacial score (nSPS) is 20.6. The van der Waals surface area contributed by atoms with Gasteiger partial charge in [-0.25, -0.2) is 8.42 Å². The Morgan fingerprint density at radius 2 is 1.89 bits per heavy atom. The van der Waals surface area contributed by atoms with Crippen LogP contribution in [0.3, 0.4) is 0 Å². The average Bonchev–Trinajstić information content (AvgIpc) is 2.78. The smallest absolute Gasteiger partial charge is 0.307 e. The van der Waals surface area contributed by atoms with Crippen LogP contribution in [0, 0.1) is 5.92 Å². The molecule has 1 aliphatic rings. The number of carboxylic acids is 1. The Bertz CT molecular complexity index is 597. The van der Waals surface area contributed by atoms with Crippen LogP contribution in [-0.4, -0.2) is 36.9 Å². The molecule has 1 aliphatic heterocycles. The second kappa shape index (κ2) is 5.28. The molecule has 2 rings (SSSR count). The number of halogens is 2. The molecule has 1 aromatic carbocycles. The maximum Gasteiger partial charge on any atom is 0.307 e. The highest BCUT2D eigenvalue weighted by Crippen LogP contribution is 2.33. The first-order chi connectivity index (χ1) is 8.84. The molecule has 0 aliphatic carbocycles. The summed E-state index contributed by atoms with van der Waals surface area (Å²) in [7, 11) is -3.86. The minimum atomic E-state index is -3.86. The summed E-state index contributed by atoms with van der Waals surface area (Å²) < 4.78 is 25.9. The molecule has 8 heteroatoms. The van der Waals surface area contributed by atoms with Crippen molar-refractivity contribution < 1.29 is 18.3 Å². The molecule has 0 aromatic heterocycles. The quantitative estimate of drug-likeness (QED) is 0.924. The molecule has 1 fully saturated rings. The number of sulfonamides is 1. The van der Waals surface area contributed by atoms with Crippen molar-refractivity contribution >= 4 is 39.2 Å². The van der Waals surface area contributed by atoms with Crippen molar-refractivity contribution in [2.45, 2.75) is 11.3 Å². The number of hydrogen-bond acceptors (Lipinski definition) is 3. The van der Waals surface area contributed by atoms with E-state index in [4.69, 9.17) is 28.3 Å². The predicted molar refractivity (Wildman–Crippen MR) is 71.0 cm³/mol. The first-order valence-corrected chi connectivity index (χ1v) is 7.70. The fourth-order valence-electron chi connectivity index (χ4n) is 2.01. The molecular weight excluding hydrogens is 313 g/mol. The van der Waals surface area contributed by atoms with E-state index in [-0.39, 0.29) is 34.5 Å². The van der Waals surface area contributed by atoms with Gasteiger partial charge in [0.15, 0.2) is 0 Å². The van der Waals surface area contributed by atoms with Gasteiger partial charge in [0.1, 0.15) is 4.90 Å². The molecule has 1 heterocycles. The lowest BCUT2D eigenvalue weighted by Crippen LogP contribution is -2.30. The lowest BCUT2D eigenvalue weighted by molar-refractivity contribution is -0.141. The van der Waals surface area contributed by atoms with Crippen LogP contribution in [0.4, 0.5) is 0 Å². The van der Waals surface area contributed by atoms with Crippen LogP contribution in [0.25, 0.3) is 0 Å². The van der Waals surface area contributed by atoms with Crippen LogP contribution in [0.2, 0.25) is 10.0 Å². The number of aliphatic carboxylic acids is 1. The first kappa shape index (κ1) is 14.6. The molecule has 1 aromatic rings. The van der Waals surface area contributed by atoms with Crippen molar-refractivity contribution in [3.05, 3.63) is 28.2 Å². The van der Waals surface area contributed by atoms with Crippen LogP contribution in [0.5, 0.6) is 0 Å². The molecule has 0 amide bonds. The Morgan fingerprint density at radius 3 is 2.37 bits per heavy atom. The van der Waals surface area contributed by atoms with Gasteiger partial charge in [-0.15, -0.1) is 0 Å². The van der Waals surface area contributed by atoms with Gasteiger partial charge >= 0.3 is 5.97 Å². The summed E-state index contributed by atoms with van der Waals surface area (Å²) in [6.07, 6.45) is 0.288. The van der Waals surface area contributed by atoms with Crippen molar-refractivity contribution in [3.63, 3.8) is 0 Å². The highest BCUT2D eigenvalue weighted by molar-refractivity contribution is 7.89. The summed E-state index contributed by atoms with van der Waals surface area (Å²) >= 11 is 11.8. The van der Waals surface area contributed by atoms with Crippen LogP contribution >= 0.6 is 23.2 Å². The zero-order valence-electron chi connectivity index (χ0n) is 9.71. The summed E-state index contributed by atoms with van der Waals surface area (Å²) in [5, 5.41) is 8.97. The van der Waals surface area contributed by atoms with Gasteiger partial charge in [0, 0.05) is 13.1 Å². The van der Waals surface area contributed by atoms with E-state index >= 15 is 0 Å². The molecular formula is C11H11Cl2NO4S. The minimum absolute atomic E-state index is 0.0336. The van der Waals surface area contributed by atoms with Crippen molar-refractivity contribution in [3.8, 4) is 0 Å². The molecule has 19 heavy (non-hydrogen) atoms. The summed E-state index contributed by atoms with van der Waals surface area (Å²) in [6.45, 7) is 0.0973. The average molecular weight is 324 g/mol. The summed E-state index contributed by atoms with van der Waals surface area (Å²) in [4.78, 5) is 10.7. The van der Waals surface area contributed by atoms with Crippen LogP contribution in [0.15, 0.2) is 23.1 Å². The number of benzene rings is 1. The third kappa shape index (κ3) is 2.72. The number of carboxylic acid groups (broad SMARTS) is 1. The van der Waals surface area contributed by atoms with E-state index in [1.165, 1.54) is 12.1 Å². The third-order valence-corrected chi connectivity index (χ3v) is 5.84. The van der Waals surface area contributed by atoms with Crippen molar-refractivity contribution in [1.29, 1.82) is 0 Å². The Labute approximate surface area is 120 Å². The fourth-order valence-corrected chi connectivity index (χ4v) is 4.60. The van der Waals surface area contributed by atoms with Crippen molar-refractivity contribution in [1.82, 2.24) is 4.31 Å². The first-order valence-electron chi connectivity index (χ1n) is 5.51. The molecule has 104 valence electrons. The SMILES string of the molecule is O=C(O)[C@@H]1CCN(S(=O)(=O)c2c(Cl)cccc2Cl)C1. The highest BCUT2D eigenvalue weighted by Gasteiger charge is 2.37. The van der Waals surface area contributed by atoms with E-state index in [1.54, 1.807) is 6.07 Å². The predicted octanol–water partition coefficient (Wildman–Crippen LogP) is 2.09. The zero-order chi connectivity index (χ0) is 14.2. The molecule has 0 spiro atoms. The number of nitrogens with zero attached hydrogens (tertiary/aromatic N) is 1. The van der Waals surface area contributed by atoms with Gasteiger partial charge < -0.3 is 5.11 Å². The topological polar surface area (TPSA) is 74.7 Å². The van der Waals surface area contributed by atoms with Gasteiger partial charge in [-0.05, 0) is 18.6 Å². The summed E-state index contributed by atoms with van der Waals surface area (Å²) in [6, 6.07) is 4.42. The van der Waals surface area contributed by atoms with Gasteiger partial charge in [-0.3, -0.25) is 4.79 Å². The standard InChI is InChI=1S/C11H11Cl2NO4S/c12-8-2-1-3-9(13)10(8)19(17,18)14-5-4-7(6-14)11(15)16/h1-3,7H,4-6H2,(H,15,16)/t7-/m1/s1. The van der Waals surface area contributed by atoms with Crippen LogP contribution in [-0.2, 0) is 14.8 Å². The molecule has 0 saturated carbocycles. The molecule has 0 unspecified atom stereocenters. The molecule has 0 bridgehead atoms. The third-order valence-electron chi connectivity index (χ3n) is 3.02. The number of hydrogen-bond donors (Lipinski definition) is 1. The second-order valence-electron chi connectivity index (χ2n) is 4.24. The van der Waals surface area contributed by atoms with Crippen LogP contribution < -0.4 is 0 Å². The van der Waals surface area contributed by atoms with Gasteiger partial charge in [0.2, 0.25) is 10.0 Å².